The number of halogens is 4. The number of nitrogens with zero attached hydrogens (tertiary/aromatic N) is 3. The molecule has 0 saturated carbocycles. The first kappa shape index (κ1) is 22.1. The molecule has 0 radical (unpaired) electrons. The highest BCUT2D eigenvalue weighted by atomic mass is 35.5. The third-order valence-electron chi connectivity index (χ3n) is 4.53. The van der Waals surface area contributed by atoms with E-state index in [-0.39, 0.29) is 29.2 Å². The van der Waals surface area contributed by atoms with Gasteiger partial charge in [-0.05, 0) is 31.5 Å². The van der Waals surface area contributed by atoms with Crippen molar-refractivity contribution in [3.8, 4) is 0 Å². The van der Waals surface area contributed by atoms with Crippen LogP contribution in [0.15, 0.2) is 18.3 Å². The Morgan fingerprint density at radius 3 is 2.63 bits per heavy atom. The van der Waals surface area contributed by atoms with Gasteiger partial charge in [0.1, 0.15) is 11.4 Å². The lowest BCUT2D eigenvalue weighted by atomic mass is 10.1. The number of alkyl halides is 3. The van der Waals surface area contributed by atoms with Gasteiger partial charge in [-0.1, -0.05) is 11.6 Å². The third kappa shape index (κ3) is 4.93. The van der Waals surface area contributed by atoms with E-state index in [0.29, 0.717) is 49.3 Å². The number of hydrogen-bond donors (Lipinski definition) is 2. The van der Waals surface area contributed by atoms with Gasteiger partial charge in [0.05, 0.1) is 23.9 Å². The van der Waals surface area contributed by atoms with E-state index >= 15 is 0 Å². The average molecular weight is 444 g/mol. The van der Waals surface area contributed by atoms with Crippen molar-refractivity contribution in [2.75, 3.05) is 43.5 Å². The van der Waals surface area contributed by atoms with Crippen LogP contribution in [0.25, 0.3) is 0 Å². The molecular weight excluding hydrogens is 423 g/mol. The number of ether oxygens (including phenoxy) is 1. The SMILES string of the molecule is CCNc1nc(Nc2cc(C)c(C(=O)N3CCOCC3)cc2Cl)ncc1C(F)(F)F. The summed E-state index contributed by atoms with van der Waals surface area (Å²) in [6.07, 6.45) is -3.86. The van der Waals surface area contributed by atoms with E-state index in [2.05, 4.69) is 20.6 Å². The second-order valence-electron chi connectivity index (χ2n) is 6.66. The fourth-order valence-electron chi connectivity index (χ4n) is 3.02. The maximum Gasteiger partial charge on any atom is 0.421 e. The number of anilines is 3. The Bertz CT molecular complexity index is 933. The molecule has 1 amide bonds. The van der Waals surface area contributed by atoms with Crippen molar-refractivity contribution in [2.45, 2.75) is 20.0 Å². The molecule has 1 aromatic heterocycles. The highest BCUT2D eigenvalue weighted by Gasteiger charge is 2.35. The summed E-state index contributed by atoms with van der Waals surface area (Å²) in [5, 5.41) is 5.65. The zero-order valence-electron chi connectivity index (χ0n) is 16.4. The minimum Gasteiger partial charge on any atom is -0.378 e. The summed E-state index contributed by atoms with van der Waals surface area (Å²) in [6, 6.07) is 3.18. The molecule has 3 rings (SSSR count). The summed E-state index contributed by atoms with van der Waals surface area (Å²) in [4.78, 5) is 22.1. The lowest BCUT2D eigenvalue weighted by Crippen LogP contribution is -2.40. The number of morpholine rings is 1. The average Bonchev–Trinajstić information content (AvgIpc) is 2.70. The monoisotopic (exact) mass is 443 g/mol. The molecule has 0 atom stereocenters. The fourth-order valence-corrected chi connectivity index (χ4v) is 3.23. The first-order chi connectivity index (χ1) is 14.2. The highest BCUT2D eigenvalue weighted by molar-refractivity contribution is 6.33. The van der Waals surface area contributed by atoms with Gasteiger partial charge in [-0.25, -0.2) is 4.98 Å². The van der Waals surface area contributed by atoms with Crippen LogP contribution in [0.4, 0.5) is 30.6 Å². The predicted molar refractivity (Wildman–Crippen MR) is 107 cm³/mol. The highest BCUT2D eigenvalue weighted by Crippen LogP contribution is 2.35. The lowest BCUT2D eigenvalue weighted by molar-refractivity contribution is -0.137. The Morgan fingerprint density at radius 1 is 1.30 bits per heavy atom. The smallest absolute Gasteiger partial charge is 0.378 e. The molecule has 2 heterocycles. The van der Waals surface area contributed by atoms with E-state index in [1.807, 2.05) is 0 Å². The number of amides is 1. The number of nitrogens with one attached hydrogen (secondary N) is 2. The fraction of sp³-hybridized carbons (Fsp3) is 0.421. The Kier molecular flexibility index (Phi) is 6.67. The molecular formula is C19H21ClF3N5O2. The second-order valence-corrected chi connectivity index (χ2v) is 7.07. The molecule has 1 aliphatic heterocycles. The van der Waals surface area contributed by atoms with Gasteiger partial charge in [-0.2, -0.15) is 18.2 Å². The number of benzene rings is 1. The molecule has 0 spiro atoms. The van der Waals surface area contributed by atoms with Crippen molar-refractivity contribution >= 4 is 35.0 Å². The summed E-state index contributed by atoms with van der Waals surface area (Å²) in [5.74, 6) is -0.522. The first-order valence-corrected chi connectivity index (χ1v) is 9.70. The Balaban J connectivity index is 1.86. The van der Waals surface area contributed by atoms with Crippen LogP contribution in [-0.4, -0.2) is 53.6 Å². The third-order valence-corrected chi connectivity index (χ3v) is 4.84. The van der Waals surface area contributed by atoms with E-state index in [4.69, 9.17) is 16.3 Å². The molecule has 7 nitrogen and oxygen atoms in total. The topological polar surface area (TPSA) is 79.4 Å². The van der Waals surface area contributed by atoms with Crippen LogP contribution in [-0.2, 0) is 10.9 Å². The van der Waals surface area contributed by atoms with Gasteiger partial charge in [-0.3, -0.25) is 4.79 Å². The number of aryl methyl sites for hydroxylation is 1. The van der Waals surface area contributed by atoms with Gasteiger partial charge in [0.2, 0.25) is 5.95 Å². The molecule has 0 aliphatic carbocycles. The Labute approximate surface area is 176 Å². The van der Waals surface area contributed by atoms with Crippen LogP contribution in [0.3, 0.4) is 0 Å². The van der Waals surface area contributed by atoms with Crippen molar-refractivity contribution in [1.82, 2.24) is 14.9 Å². The molecule has 2 aromatic rings. The molecule has 162 valence electrons. The van der Waals surface area contributed by atoms with Crippen LogP contribution >= 0.6 is 11.6 Å². The van der Waals surface area contributed by atoms with Crippen LogP contribution in [0, 0.1) is 6.92 Å². The van der Waals surface area contributed by atoms with Gasteiger partial charge in [-0.15, -0.1) is 0 Å². The molecule has 1 fully saturated rings. The molecule has 1 saturated heterocycles. The van der Waals surface area contributed by atoms with Crippen molar-refractivity contribution in [2.24, 2.45) is 0 Å². The number of aromatic nitrogens is 2. The van der Waals surface area contributed by atoms with Crippen LogP contribution in [0.2, 0.25) is 5.02 Å². The number of hydrogen-bond acceptors (Lipinski definition) is 6. The maximum atomic E-state index is 13.1. The second kappa shape index (κ2) is 9.05. The molecule has 1 aromatic carbocycles. The van der Waals surface area contributed by atoms with Crippen LogP contribution in [0.1, 0.15) is 28.4 Å². The summed E-state index contributed by atoms with van der Waals surface area (Å²) >= 11 is 6.33. The van der Waals surface area contributed by atoms with Crippen molar-refractivity contribution in [3.63, 3.8) is 0 Å². The molecule has 2 N–H and O–H groups in total. The zero-order chi connectivity index (χ0) is 21.9. The van der Waals surface area contributed by atoms with Gasteiger partial charge < -0.3 is 20.3 Å². The van der Waals surface area contributed by atoms with E-state index in [0.717, 1.165) is 0 Å². The standard InChI is InChI=1S/C19H21ClF3N5O2/c1-3-24-16-13(19(21,22)23)10-25-18(27-16)26-15-8-11(2)12(9-14(15)20)17(29)28-4-6-30-7-5-28/h8-10H,3-7H2,1-2H3,(H2,24,25,26,27). The summed E-state index contributed by atoms with van der Waals surface area (Å²) in [7, 11) is 0. The number of rotatable bonds is 5. The van der Waals surface area contributed by atoms with Gasteiger partial charge in [0.25, 0.3) is 5.91 Å². The first-order valence-electron chi connectivity index (χ1n) is 9.33. The summed E-state index contributed by atoms with van der Waals surface area (Å²) < 4.78 is 44.6. The Hall–Kier alpha value is -2.59. The van der Waals surface area contributed by atoms with Crippen LogP contribution < -0.4 is 10.6 Å². The summed E-state index contributed by atoms with van der Waals surface area (Å²) in [5.41, 5.74) is 0.546. The molecule has 0 bridgehead atoms. The zero-order valence-corrected chi connectivity index (χ0v) is 17.2. The van der Waals surface area contributed by atoms with Crippen molar-refractivity contribution in [3.05, 3.63) is 40.0 Å². The van der Waals surface area contributed by atoms with E-state index in [9.17, 15) is 18.0 Å². The normalized spacial score (nSPS) is 14.5. The predicted octanol–water partition coefficient (Wildman–Crippen LogP) is 4.11. The molecule has 11 heteroatoms. The minimum absolute atomic E-state index is 0.0486. The van der Waals surface area contributed by atoms with Crippen molar-refractivity contribution in [1.29, 1.82) is 0 Å². The molecule has 1 aliphatic rings. The maximum absolute atomic E-state index is 13.1. The van der Waals surface area contributed by atoms with Crippen LogP contribution in [0.5, 0.6) is 0 Å². The van der Waals surface area contributed by atoms with E-state index < -0.39 is 11.7 Å². The van der Waals surface area contributed by atoms with Crippen molar-refractivity contribution < 1.29 is 22.7 Å². The van der Waals surface area contributed by atoms with Gasteiger partial charge in [0, 0.05) is 31.4 Å². The minimum atomic E-state index is -4.58. The molecule has 0 unspecified atom stereocenters. The molecule has 30 heavy (non-hydrogen) atoms. The largest absolute Gasteiger partial charge is 0.421 e. The Morgan fingerprint density at radius 2 is 2.00 bits per heavy atom. The summed E-state index contributed by atoms with van der Waals surface area (Å²) in [6.45, 7) is 5.66. The van der Waals surface area contributed by atoms with Gasteiger partial charge >= 0.3 is 6.18 Å². The number of carbonyl (C=O) groups excluding carboxylic acids is 1. The lowest BCUT2D eigenvalue weighted by Gasteiger charge is -2.27. The van der Waals surface area contributed by atoms with Gasteiger partial charge in [0.15, 0.2) is 0 Å². The quantitative estimate of drug-likeness (QED) is 0.724. The van der Waals surface area contributed by atoms with E-state index in [1.54, 1.807) is 24.8 Å². The number of carbonyl (C=O) groups is 1. The van der Waals surface area contributed by atoms with E-state index in [1.165, 1.54) is 6.07 Å².